The Kier molecular flexibility index (Phi) is 5.00. The summed E-state index contributed by atoms with van der Waals surface area (Å²) in [4.78, 5) is 27.9. The van der Waals surface area contributed by atoms with Crippen molar-refractivity contribution in [3.8, 4) is 0 Å². The van der Waals surface area contributed by atoms with Gasteiger partial charge in [-0.05, 0) is 36.8 Å². The molecule has 0 saturated carbocycles. The molecule has 130 valence electrons. The number of nitrogens with zero attached hydrogens (tertiary/aromatic N) is 2. The van der Waals surface area contributed by atoms with E-state index < -0.39 is 12.0 Å². The number of hydrogen-bond acceptors (Lipinski definition) is 3. The Morgan fingerprint density at radius 1 is 1.12 bits per heavy atom. The van der Waals surface area contributed by atoms with E-state index in [1.54, 1.807) is 4.90 Å². The summed E-state index contributed by atoms with van der Waals surface area (Å²) < 4.78 is 0. The van der Waals surface area contributed by atoms with Gasteiger partial charge in [0.2, 0.25) is 0 Å². The number of aryl methyl sites for hydroxylation is 1. The second-order valence-electron chi connectivity index (χ2n) is 6.04. The maximum Gasteiger partial charge on any atom is 0.329 e. The molecule has 3 rings (SSSR count). The quantitative estimate of drug-likeness (QED) is 0.902. The van der Waals surface area contributed by atoms with Crippen LogP contribution in [0.25, 0.3) is 0 Å². The molecule has 2 aromatic rings. The van der Waals surface area contributed by atoms with Gasteiger partial charge in [0, 0.05) is 19.6 Å². The standard InChI is InChI=1S/C19H21N3O3/c1-14-6-5-9-16(12-14)22(15-7-3-2-4-8-15)19(25)21-11-10-20-13-17(21)18(23)24/h2-9,12,17,20H,10-11,13H2,1H3,(H,23,24). The van der Waals surface area contributed by atoms with Gasteiger partial charge in [-0.2, -0.15) is 0 Å². The lowest BCUT2D eigenvalue weighted by Crippen LogP contribution is -2.59. The number of carbonyl (C=O) groups is 2. The highest BCUT2D eigenvalue weighted by atomic mass is 16.4. The predicted molar refractivity (Wildman–Crippen MR) is 96.2 cm³/mol. The number of carbonyl (C=O) groups excluding carboxylic acids is 1. The zero-order valence-electron chi connectivity index (χ0n) is 14.1. The molecule has 0 aliphatic carbocycles. The summed E-state index contributed by atoms with van der Waals surface area (Å²) in [5.41, 5.74) is 2.46. The maximum absolute atomic E-state index is 13.3. The van der Waals surface area contributed by atoms with E-state index in [4.69, 9.17) is 0 Å². The van der Waals surface area contributed by atoms with Gasteiger partial charge in [0.25, 0.3) is 0 Å². The molecule has 0 bridgehead atoms. The van der Waals surface area contributed by atoms with Gasteiger partial charge in [-0.3, -0.25) is 4.90 Å². The average Bonchev–Trinajstić information content (AvgIpc) is 2.63. The number of aliphatic carboxylic acids is 1. The molecule has 0 spiro atoms. The summed E-state index contributed by atoms with van der Waals surface area (Å²) in [7, 11) is 0. The first-order valence-electron chi connectivity index (χ1n) is 8.24. The third-order valence-corrected chi connectivity index (χ3v) is 4.24. The average molecular weight is 339 g/mol. The molecule has 1 unspecified atom stereocenters. The van der Waals surface area contributed by atoms with Crippen molar-refractivity contribution < 1.29 is 14.7 Å². The van der Waals surface area contributed by atoms with Gasteiger partial charge >= 0.3 is 12.0 Å². The van der Waals surface area contributed by atoms with Crippen molar-refractivity contribution in [2.24, 2.45) is 0 Å². The summed E-state index contributed by atoms with van der Waals surface area (Å²) in [6.07, 6.45) is 0. The zero-order valence-corrected chi connectivity index (χ0v) is 14.1. The summed E-state index contributed by atoms with van der Waals surface area (Å²) >= 11 is 0. The van der Waals surface area contributed by atoms with Crippen molar-refractivity contribution in [2.45, 2.75) is 13.0 Å². The van der Waals surface area contributed by atoms with Gasteiger partial charge in [-0.1, -0.05) is 30.3 Å². The molecule has 1 heterocycles. The molecular weight excluding hydrogens is 318 g/mol. The lowest BCUT2D eigenvalue weighted by atomic mass is 10.1. The number of piperazine rings is 1. The number of carboxylic acid groups (broad SMARTS) is 1. The minimum absolute atomic E-state index is 0.248. The number of amides is 2. The third kappa shape index (κ3) is 3.64. The van der Waals surface area contributed by atoms with Crippen LogP contribution in [-0.2, 0) is 4.79 Å². The minimum atomic E-state index is -1.00. The molecule has 1 saturated heterocycles. The minimum Gasteiger partial charge on any atom is -0.480 e. The maximum atomic E-state index is 13.3. The Balaban J connectivity index is 2.02. The Bertz CT molecular complexity index is 764. The van der Waals surface area contributed by atoms with Crippen LogP contribution in [0.4, 0.5) is 16.2 Å². The molecule has 2 N–H and O–H groups in total. The summed E-state index contributed by atoms with van der Waals surface area (Å²) in [6, 6.07) is 15.7. The van der Waals surface area contributed by atoms with Crippen LogP contribution < -0.4 is 10.2 Å². The first-order valence-corrected chi connectivity index (χ1v) is 8.24. The van der Waals surface area contributed by atoms with Crippen LogP contribution in [0.1, 0.15) is 5.56 Å². The highest BCUT2D eigenvalue weighted by molar-refractivity contribution is 6.01. The smallest absolute Gasteiger partial charge is 0.329 e. The number of carboxylic acids is 1. The van der Waals surface area contributed by atoms with E-state index in [-0.39, 0.29) is 12.6 Å². The van der Waals surface area contributed by atoms with Gasteiger partial charge in [-0.25, -0.2) is 9.59 Å². The number of benzene rings is 2. The van der Waals surface area contributed by atoms with Gasteiger partial charge in [0.1, 0.15) is 6.04 Å². The van der Waals surface area contributed by atoms with E-state index >= 15 is 0 Å². The zero-order chi connectivity index (χ0) is 17.8. The molecule has 0 aromatic heterocycles. The lowest BCUT2D eigenvalue weighted by Gasteiger charge is -2.37. The fourth-order valence-corrected chi connectivity index (χ4v) is 3.00. The van der Waals surface area contributed by atoms with E-state index in [1.807, 2.05) is 61.5 Å². The van der Waals surface area contributed by atoms with Crippen molar-refractivity contribution in [2.75, 3.05) is 24.5 Å². The van der Waals surface area contributed by atoms with Crippen LogP contribution in [-0.4, -0.2) is 47.7 Å². The van der Waals surface area contributed by atoms with Crippen LogP contribution in [0.5, 0.6) is 0 Å². The SMILES string of the molecule is Cc1cccc(N(C(=O)N2CCNCC2C(=O)O)c2ccccc2)c1. The van der Waals surface area contributed by atoms with E-state index in [2.05, 4.69) is 5.32 Å². The summed E-state index contributed by atoms with van der Waals surface area (Å²) in [5, 5.41) is 12.5. The largest absolute Gasteiger partial charge is 0.480 e. The van der Waals surface area contributed by atoms with Gasteiger partial charge in [-0.15, -0.1) is 0 Å². The Hall–Kier alpha value is -2.86. The molecule has 1 fully saturated rings. The van der Waals surface area contributed by atoms with Gasteiger partial charge in [0.05, 0.1) is 11.4 Å². The van der Waals surface area contributed by atoms with Crippen LogP contribution >= 0.6 is 0 Å². The number of hydrogen-bond donors (Lipinski definition) is 2. The van der Waals surface area contributed by atoms with Crippen molar-refractivity contribution in [1.82, 2.24) is 10.2 Å². The number of urea groups is 1. The third-order valence-electron chi connectivity index (χ3n) is 4.24. The van der Waals surface area contributed by atoms with Crippen LogP contribution in [0.3, 0.4) is 0 Å². The van der Waals surface area contributed by atoms with Crippen LogP contribution in [0, 0.1) is 6.92 Å². The molecule has 0 radical (unpaired) electrons. The van der Waals surface area contributed by atoms with Crippen LogP contribution in [0.2, 0.25) is 0 Å². The normalized spacial score (nSPS) is 17.2. The topological polar surface area (TPSA) is 72.9 Å². The van der Waals surface area contributed by atoms with Crippen molar-refractivity contribution in [3.05, 3.63) is 60.2 Å². The fourth-order valence-electron chi connectivity index (χ4n) is 3.00. The number of anilines is 2. The monoisotopic (exact) mass is 339 g/mol. The molecule has 6 heteroatoms. The Morgan fingerprint density at radius 3 is 2.52 bits per heavy atom. The van der Waals surface area contributed by atoms with Gasteiger partial charge in [0.15, 0.2) is 0 Å². The number of para-hydroxylation sites is 1. The summed E-state index contributed by atoms with van der Waals surface area (Å²) in [5.74, 6) is -1.00. The Labute approximate surface area is 146 Å². The molecule has 1 aliphatic rings. The number of rotatable bonds is 3. The highest BCUT2D eigenvalue weighted by Gasteiger charge is 2.35. The van der Waals surface area contributed by atoms with Gasteiger partial charge < -0.3 is 15.3 Å². The first-order chi connectivity index (χ1) is 12.1. The van der Waals surface area contributed by atoms with Crippen molar-refractivity contribution in [3.63, 3.8) is 0 Å². The molecule has 2 aromatic carbocycles. The van der Waals surface area contributed by atoms with E-state index in [1.165, 1.54) is 4.90 Å². The molecule has 6 nitrogen and oxygen atoms in total. The van der Waals surface area contributed by atoms with E-state index in [0.29, 0.717) is 18.8 Å². The summed E-state index contributed by atoms with van der Waals surface area (Å²) in [6.45, 7) is 3.14. The predicted octanol–water partition coefficient (Wildman–Crippen LogP) is 2.61. The molecule has 2 amide bonds. The molecule has 1 aliphatic heterocycles. The van der Waals surface area contributed by atoms with Crippen LogP contribution in [0.15, 0.2) is 54.6 Å². The molecule has 1 atom stereocenters. The first kappa shape index (κ1) is 17.0. The fraction of sp³-hybridized carbons (Fsp3) is 0.263. The Morgan fingerprint density at radius 2 is 1.84 bits per heavy atom. The van der Waals surface area contributed by atoms with E-state index in [9.17, 15) is 14.7 Å². The number of nitrogens with one attached hydrogen (secondary N) is 1. The van der Waals surface area contributed by atoms with Crippen molar-refractivity contribution >= 4 is 23.4 Å². The molecule has 25 heavy (non-hydrogen) atoms. The second kappa shape index (κ2) is 7.36. The van der Waals surface area contributed by atoms with Crippen molar-refractivity contribution in [1.29, 1.82) is 0 Å². The lowest BCUT2D eigenvalue weighted by molar-refractivity contribution is -0.142. The highest BCUT2D eigenvalue weighted by Crippen LogP contribution is 2.28. The molecular formula is C19H21N3O3. The second-order valence-corrected chi connectivity index (χ2v) is 6.04. The van der Waals surface area contributed by atoms with E-state index in [0.717, 1.165) is 11.3 Å².